The number of amides is 2. The van der Waals surface area contributed by atoms with E-state index in [0.717, 1.165) is 24.3 Å². The highest BCUT2D eigenvalue weighted by Crippen LogP contribution is 2.39. The molecular formula is C32H29ClN4O4. The number of carbonyl (C=O) groups is 2. The van der Waals surface area contributed by atoms with Crippen LogP contribution in [0.5, 0.6) is 5.75 Å². The van der Waals surface area contributed by atoms with E-state index < -0.39 is 0 Å². The van der Waals surface area contributed by atoms with Crippen molar-refractivity contribution >= 4 is 40.5 Å². The summed E-state index contributed by atoms with van der Waals surface area (Å²) >= 11 is 6.32. The molecule has 2 aliphatic heterocycles. The predicted octanol–water partition coefficient (Wildman–Crippen LogP) is 5.64. The summed E-state index contributed by atoms with van der Waals surface area (Å²) in [7, 11) is 1.55. The van der Waals surface area contributed by atoms with Crippen molar-refractivity contribution in [2.75, 3.05) is 35.7 Å². The second kappa shape index (κ2) is 11.1. The molecule has 0 saturated carbocycles. The van der Waals surface area contributed by atoms with E-state index in [1.807, 2.05) is 34.9 Å². The molecule has 2 atom stereocenters. The van der Waals surface area contributed by atoms with Crippen LogP contribution >= 0.6 is 11.6 Å². The number of ether oxygens (including phenoxy) is 1. The molecule has 1 saturated heterocycles. The minimum absolute atomic E-state index is 0.0313. The molecule has 2 amide bonds. The Morgan fingerprint density at radius 2 is 1.63 bits per heavy atom. The third-order valence-corrected chi connectivity index (χ3v) is 8.13. The lowest BCUT2D eigenvalue weighted by atomic mass is 9.83. The van der Waals surface area contributed by atoms with Crippen molar-refractivity contribution in [1.29, 1.82) is 0 Å². The SMILES string of the molecule is COc1ccccc1NC(=O)c1ccc(N2C[C@@H]3C[C@@H](C2)c2cccc(=O)n2C3)c(NC(=O)c2ccccc2Cl)c1. The first-order valence-electron chi connectivity index (χ1n) is 13.5. The number of hydrogen-bond donors (Lipinski definition) is 2. The molecule has 1 aromatic heterocycles. The van der Waals surface area contributed by atoms with Crippen molar-refractivity contribution in [1.82, 2.24) is 4.57 Å². The van der Waals surface area contributed by atoms with Gasteiger partial charge in [-0.05, 0) is 60.9 Å². The first kappa shape index (κ1) is 26.7. The van der Waals surface area contributed by atoms with E-state index in [0.29, 0.717) is 46.4 Å². The molecule has 208 valence electrons. The first-order chi connectivity index (χ1) is 19.9. The largest absolute Gasteiger partial charge is 0.495 e. The van der Waals surface area contributed by atoms with Crippen LogP contribution in [0.4, 0.5) is 17.1 Å². The number of hydrogen-bond acceptors (Lipinski definition) is 5. The van der Waals surface area contributed by atoms with Gasteiger partial charge in [-0.1, -0.05) is 41.9 Å². The molecule has 0 unspecified atom stereocenters. The Bertz CT molecular complexity index is 1700. The number of carbonyl (C=O) groups excluding carboxylic acids is 2. The van der Waals surface area contributed by atoms with Crippen molar-refractivity contribution < 1.29 is 14.3 Å². The van der Waals surface area contributed by atoms with Crippen LogP contribution in [0.15, 0.2) is 89.7 Å². The van der Waals surface area contributed by atoms with Crippen LogP contribution in [-0.2, 0) is 6.54 Å². The van der Waals surface area contributed by atoms with Gasteiger partial charge in [0.2, 0.25) is 0 Å². The summed E-state index contributed by atoms with van der Waals surface area (Å²) in [6, 6.07) is 24.8. The molecule has 8 nitrogen and oxygen atoms in total. The maximum atomic E-state index is 13.4. The highest BCUT2D eigenvalue weighted by atomic mass is 35.5. The number of halogens is 1. The Morgan fingerprint density at radius 3 is 2.46 bits per heavy atom. The monoisotopic (exact) mass is 568 g/mol. The maximum Gasteiger partial charge on any atom is 0.257 e. The second-order valence-corrected chi connectivity index (χ2v) is 10.8. The Balaban J connectivity index is 1.34. The van der Waals surface area contributed by atoms with E-state index >= 15 is 0 Å². The molecule has 2 aliphatic rings. The summed E-state index contributed by atoms with van der Waals surface area (Å²) in [5.41, 5.74) is 3.64. The summed E-state index contributed by atoms with van der Waals surface area (Å²) < 4.78 is 7.26. The molecule has 9 heteroatoms. The van der Waals surface area contributed by atoms with Crippen molar-refractivity contribution in [2.45, 2.75) is 18.9 Å². The minimum atomic E-state index is -0.367. The zero-order valence-corrected chi connectivity index (χ0v) is 23.2. The summed E-state index contributed by atoms with van der Waals surface area (Å²) in [4.78, 5) is 41.4. The van der Waals surface area contributed by atoms with Gasteiger partial charge in [0, 0.05) is 42.9 Å². The Labute approximate surface area is 242 Å². The summed E-state index contributed by atoms with van der Waals surface area (Å²) in [6.45, 7) is 2.06. The zero-order chi connectivity index (χ0) is 28.5. The van der Waals surface area contributed by atoms with E-state index in [9.17, 15) is 14.4 Å². The predicted molar refractivity (Wildman–Crippen MR) is 161 cm³/mol. The number of nitrogens with one attached hydrogen (secondary N) is 2. The van der Waals surface area contributed by atoms with Gasteiger partial charge in [-0.2, -0.15) is 0 Å². The summed E-state index contributed by atoms with van der Waals surface area (Å²) in [6.07, 6.45) is 1.00. The van der Waals surface area contributed by atoms with Gasteiger partial charge in [-0.15, -0.1) is 0 Å². The Morgan fingerprint density at radius 1 is 0.854 bits per heavy atom. The summed E-state index contributed by atoms with van der Waals surface area (Å²) in [5.74, 6) is 0.300. The fourth-order valence-corrected chi connectivity index (χ4v) is 6.15. The van der Waals surface area contributed by atoms with E-state index in [1.165, 1.54) is 0 Å². The lowest BCUT2D eigenvalue weighted by molar-refractivity contribution is 0.101. The average Bonchev–Trinajstić information content (AvgIpc) is 2.98. The molecule has 0 radical (unpaired) electrons. The van der Waals surface area contributed by atoms with Crippen molar-refractivity contribution in [3.05, 3.63) is 117 Å². The van der Waals surface area contributed by atoms with Crippen molar-refractivity contribution in [3.63, 3.8) is 0 Å². The number of aromatic nitrogens is 1. The number of benzene rings is 3. The van der Waals surface area contributed by atoms with Gasteiger partial charge >= 0.3 is 0 Å². The van der Waals surface area contributed by atoms with Crippen LogP contribution in [0.2, 0.25) is 5.02 Å². The third kappa shape index (κ3) is 5.30. The lowest BCUT2D eigenvalue weighted by Gasteiger charge is -2.44. The number of anilines is 3. The van der Waals surface area contributed by atoms with Gasteiger partial charge in [0.05, 0.1) is 34.8 Å². The van der Waals surface area contributed by atoms with E-state index in [4.69, 9.17) is 16.3 Å². The number of piperidine rings is 1. The second-order valence-electron chi connectivity index (χ2n) is 10.4. The molecule has 2 bridgehead atoms. The van der Waals surface area contributed by atoms with Gasteiger partial charge < -0.3 is 24.8 Å². The van der Waals surface area contributed by atoms with Crippen molar-refractivity contribution in [2.24, 2.45) is 5.92 Å². The highest BCUT2D eigenvalue weighted by molar-refractivity contribution is 6.34. The molecule has 0 spiro atoms. The number of para-hydroxylation sites is 2. The molecule has 41 heavy (non-hydrogen) atoms. The van der Waals surface area contributed by atoms with E-state index in [2.05, 4.69) is 15.5 Å². The number of rotatable bonds is 6. The molecule has 1 fully saturated rings. The number of fused-ring (bicyclic) bond motifs is 4. The quantitative estimate of drug-likeness (QED) is 0.314. The Kier molecular flexibility index (Phi) is 7.24. The Hall–Kier alpha value is -4.56. The molecule has 2 N–H and O–H groups in total. The maximum absolute atomic E-state index is 13.4. The highest BCUT2D eigenvalue weighted by Gasteiger charge is 2.35. The van der Waals surface area contributed by atoms with Crippen LogP contribution < -0.4 is 25.8 Å². The topological polar surface area (TPSA) is 92.7 Å². The van der Waals surface area contributed by atoms with Gasteiger partial charge in [-0.25, -0.2) is 0 Å². The normalized spacial score (nSPS) is 17.4. The number of methoxy groups -OCH3 is 1. The third-order valence-electron chi connectivity index (χ3n) is 7.80. The standard InChI is InChI=1S/C32H29ClN4O4/c1-41-29-11-5-4-9-25(29)34-31(39)21-13-14-28(26(16-21)35-32(40)23-7-2-3-8-24(23)33)36-17-20-15-22(19-36)27-10-6-12-30(38)37(27)18-20/h2-14,16,20,22H,15,17-19H2,1H3,(H,34,39)(H,35,40)/t20-,22-/m0/s1. The van der Waals surface area contributed by atoms with Crippen LogP contribution in [0.25, 0.3) is 0 Å². The number of nitrogens with zero attached hydrogens (tertiary/aromatic N) is 2. The van der Waals surface area contributed by atoms with E-state index in [-0.39, 0.29) is 29.2 Å². The van der Waals surface area contributed by atoms with Gasteiger partial charge in [0.25, 0.3) is 17.4 Å². The average molecular weight is 569 g/mol. The zero-order valence-electron chi connectivity index (χ0n) is 22.5. The lowest BCUT2D eigenvalue weighted by Crippen LogP contribution is -2.47. The van der Waals surface area contributed by atoms with Gasteiger partial charge in [-0.3, -0.25) is 14.4 Å². The molecule has 3 heterocycles. The molecule has 6 rings (SSSR count). The van der Waals surface area contributed by atoms with Crippen molar-refractivity contribution in [3.8, 4) is 5.75 Å². The van der Waals surface area contributed by atoms with Gasteiger partial charge in [0.15, 0.2) is 0 Å². The molecular weight excluding hydrogens is 540 g/mol. The van der Waals surface area contributed by atoms with E-state index in [1.54, 1.807) is 61.7 Å². The van der Waals surface area contributed by atoms with Crippen LogP contribution in [0, 0.1) is 5.92 Å². The fraction of sp³-hybridized carbons (Fsp3) is 0.219. The molecule has 0 aliphatic carbocycles. The smallest absolute Gasteiger partial charge is 0.257 e. The van der Waals surface area contributed by atoms with Gasteiger partial charge in [0.1, 0.15) is 5.75 Å². The fourth-order valence-electron chi connectivity index (χ4n) is 5.92. The molecule has 3 aromatic carbocycles. The van der Waals surface area contributed by atoms with Crippen LogP contribution in [0.3, 0.4) is 0 Å². The van der Waals surface area contributed by atoms with Crippen LogP contribution in [-0.4, -0.2) is 36.6 Å². The van der Waals surface area contributed by atoms with Crippen LogP contribution in [0.1, 0.15) is 38.7 Å². The number of pyridine rings is 1. The first-order valence-corrected chi connectivity index (χ1v) is 13.9. The molecule has 4 aromatic rings. The minimum Gasteiger partial charge on any atom is -0.495 e. The summed E-state index contributed by atoms with van der Waals surface area (Å²) in [5, 5.41) is 6.26.